The lowest BCUT2D eigenvalue weighted by Crippen LogP contribution is -2.25. The highest BCUT2D eigenvalue weighted by Gasteiger charge is 2.30. The first-order chi connectivity index (χ1) is 20.4. The molecule has 0 atom stereocenters. The fourth-order valence-corrected chi connectivity index (χ4v) is 5.32. The summed E-state index contributed by atoms with van der Waals surface area (Å²) >= 11 is 0. The van der Waals surface area contributed by atoms with Gasteiger partial charge in [-0.25, -0.2) is 14.4 Å². The first kappa shape index (κ1) is 25.8. The van der Waals surface area contributed by atoms with Gasteiger partial charge < -0.3 is 14.5 Å². The number of pyridine rings is 1. The molecule has 4 heterocycles. The molecule has 7 rings (SSSR count). The number of nitrogens with one attached hydrogen (secondary N) is 1. The second-order valence-electron chi connectivity index (χ2n) is 10.8. The number of benzene rings is 2. The second-order valence-corrected chi connectivity index (χ2v) is 10.8. The van der Waals surface area contributed by atoms with Crippen molar-refractivity contribution in [2.45, 2.75) is 45.2 Å². The van der Waals surface area contributed by atoms with E-state index < -0.39 is 11.7 Å². The number of imidazole rings is 1. The summed E-state index contributed by atoms with van der Waals surface area (Å²) in [5.74, 6) is -0.385. The predicted octanol–water partition coefficient (Wildman–Crippen LogP) is 5.20. The number of amides is 1. The van der Waals surface area contributed by atoms with E-state index in [0.29, 0.717) is 28.1 Å². The summed E-state index contributed by atoms with van der Waals surface area (Å²) in [6.07, 6.45) is 5.16. The number of carbonyl (C=O) groups is 1. The fourth-order valence-electron chi connectivity index (χ4n) is 5.32. The van der Waals surface area contributed by atoms with E-state index in [-0.39, 0.29) is 35.4 Å². The van der Waals surface area contributed by atoms with Gasteiger partial charge in [-0.3, -0.25) is 14.0 Å². The van der Waals surface area contributed by atoms with Gasteiger partial charge in [-0.15, -0.1) is 10.2 Å². The Balaban J connectivity index is 1.31. The highest BCUT2D eigenvalue weighted by molar-refractivity contribution is 6.06. The smallest absolute Gasteiger partial charge is 0.277 e. The van der Waals surface area contributed by atoms with Gasteiger partial charge in [-0.1, -0.05) is 36.4 Å². The molecule has 0 spiro atoms. The van der Waals surface area contributed by atoms with E-state index in [2.05, 4.69) is 25.5 Å². The molecule has 0 bridgehead atoms. The van der Waals surface area contributed by atoms with E-state index in [0.717, 1.165) is 24.1 Å². The molecule has 210 valence electrons. The van der Waals surface area contributed by atoms with E-state index in [9.17, 15) is 9.59 Å². The molecule has 0 unspecified atom stereocenters. The Morgan fingerprint density at radius 3 is 2.62 bits per heavy atom. The Labute approximate surface area is 239 Å². The largest absolute Gasteiger partial charge is 0.310 e. The lowest BCUT2D eigenvalue weighted by atomic mass is 10.1. The van der Waals surface area contributed by atoms with Crippen molar-refractivity contribution in [2.24, 2.45) is 0 Å². The fraction of sp³-hybridized carbons (Fsp3) is 0.226. The lowest BCUT2D eigenvalue weighted by molar-refractivity contribution is 0.102. The Kier molecular flexibility index (Phi) is 6.14. The van der Waals surface area contributed by atoms with Crippen molar-refractivity contribution in [1.29, 1.82) is 0 Å². The number of aromatic nitrogens is 7. The van der Waals surface area contributed by atoms with Crippen LogP contribution in [0.5, 0.6) is 0 Å². The third-order valence-electron chi connectivity index (χ3n) is 7.60. The third kappa shape index (κ3) is 4.43. The summed E-state index contributed by atoms with van der Waals surface area (Å²) in [5, 5.41) is 10.9. The lowest BCUT2D eigenvalue weighted by Gasteiger charge is -2.15. The summed E-state index contributed by atoms with van der Waals surface area (Å²) in [5.41, 5.74) is 3.11. The van der Waals surface area contributed by atoms with Gasteiger partial charge in [-0.2, -0.15) is 0 Å². The summed E-state index contributed by atoms with van der Waals surface area (Å²) in [6, 6.07) is 17.5. The summed E-state index contributed by atoms with van der Waals surface area (Å²) in [7, 11) is 0. The summed E-state index contributed by atoms with van der Waals surface area (Å²) in [6.45, 7) is 4.26. The minimum absolute atomic E-state index is 0.112. The topological polar surface area (TPSA) is 112 Å². The van der Waals surface area contributed by atoms with Crippen molar-refractivity contribution >= 4 is 28.3 Å². The first-order valence-corrected chi connectivity index (χ1v) is 13.8. The normalized spacial score (nSPS) is 13.3. The van der Waals surface area contributed by atoms with Crippen LogP contribution in [0, 0.1) is 5.82 Å². The van der Waals surface area contributed by atoms with Crippen molar-refractivity contribution < 1.29 is 9.18 Å². The van der Waals surface area contributed by atoms with Crippen LogP contribution in [0.25, 0.3) is 28.1 Å². The van der Waals surface area contributed by atoms with Crippen LogP contribution in [0.1, 0.15) is 60.3 Å². The van der Waals surface area contributed by atoms with Crippen LogP contribution < -0.4 is 10.9 Å². The number of halogens is 1. The van der Waals surface area contributed by atoms with Gasteiger partial charge in [0.2, 0.25) is 0 Å². The Morgan fingerprint density at radius 1 is 1.05 bits per heavy atom. The summed E-state index contributed by atoms with van der Waals surface area (Å²) in [4.78, 5) is 36.3. The Morgan fingerprint density at radius 2 is 1.86 bits per heavy atom. The van der Waals surface area contributed by atoms with Crippen molar-refractivity contribution in [2.75, 3.05) is 5.32 Å². The van der Waals surface area contributed by atoms with Crippen LogP contribution in [-0.4, -0.2) is 39.6 Å². The van der Waals surface area contributed by atoms with Crippen LogP contribution in [0.4, 0.5) is 10.2 Å². The maximum Gasteiger partial charge on any atom is 0.277 e. The number of carbonyl (C=O) groups excluding carboxylic acids is 1. The average molecular weight is 563 g/mol. The highest BCUT2D eigenvalue weighted by atomic mass is 19.1. The zero-order chi connectivity index (χ0) is 29.0. The molecule has 6 aromatic rings. The monoisotopic (exact) mass is 562 g/mol. The van der Waals surface area contributed by atoms with Crippen molar-refractivity contribution in [3.8, 4) is 11.5 Å². The quantitative estimate of drug-likeness (QED) is 0.286. The molecular formula is C31H27FN8O2. The molecule has 0 radical (unpaired) electrons. The molecule has 0 saturated heterocycles. The van der Waals surface area contributed by atoms with Gasteiger partial charge in [0.1, 0.15) is 35.5 Å². The molecular weight excluding hydrogens is 535 g/mol. The van der Waals surface area contributed by atoms with Crippen molar-refractivity contribution in [3.63, 3.8) is 0 Å². The molecule has 1 fully saturated rings. The van der Waals surface area contributed by atoms with Crippen LogP contribution in [0.15, 0.2) is 78.1 Å². The molecule has 4 aromatic heterocycles. The first-order valence-electron chi connectivity index (χ1n) is 13.8. The molecule has 1 aliphatic carbocycles. The Hall–Kier alpha value is -5.19. The summed E-state index contributed by atoms with van der Waals surface area (Å²) < 4.78 is 20.8. The average Bonchev–Trinajstić information content (AvgIpc) is 3.52. The van der Waals surface area contributed by atoms with Gasteiger partial charge in [-0.05, 0) is 50.5 Å². The van der Waals surface area contributed by atoms with Crippen molar-refractivity contribution in [1.82, 2.24) is 33.7 Å². The SMILES string of the molecule is CC(C)n1cnnc1-c1cccc(NC(=O)c2cc3c(cc2F)n(Cc2ccccc2)c(=O)c2c(C4CC4)ncn23)n1. The van der Waals surface area contributed by atoms with Crippen molar-refractivity contribution in [3.05, 3.63) is 106 Å². The van der Waals surface area contributed by atoms with Gasteiger partial charge in [0.05, 0.1) is 28.8 Å². The maximum absolute atomic E-state index is 15.7. The van der Waals surface area contributed by atoms with Crippen LogP contribution >= 0.6 is 0 Å². The minimum atomic E-state index is -0.751. The number of hydrogen-bond acceptors (Lipinski definition) is 6. The van der Waals surface area contributed by atoms with Crippen LogP contribution in [0.3, 0.4) is 0 Å². The number of hydrogen-bond donors (Lipinski definition) is 1. The Bertz CT molecular complexity index is 2040. The minimum Gasteiger partial charge on any atom is -0.310 e. The zero-order valence-electron chi connectivity index (χ0n) is 23.0. The van der Waals surface area contributed by atoms with E-state index in [1.807, 2.05) is 48.7 Å². The molecule has 11 heteroatoms. The predicted molar refractivity (Wildman–Crippen MR) is 156 cm³/mol. The molecule has 1 amide bonds. The zero-order valence-corrected chi connectivity index (χ0v) is 23.0. The van der Waals surface area contributed by atoms with Gasteiger partial charge in [0.25, 0.3) is 11.5 Å². The standard InChI is InChI=1S/C31H27FN8O2/c1-18(2)39-17-34-37-29(39)23-9-6-10-26(35-23)36-30(41)21-13-24-25(14-22(21)32)38(15-19-7-4-3-5-8-19)31(42)28-27(20-11-12-20)33-16-40(24)28/h3-10,13-14,16-18,20H,11-12,15H2,1-2H3,(H,35,36,41). The molecule has 1 N–H and O–H groups in total. The number of anilines is 1. The second kappa shape index (κ2) is 10.0. The molecule has 2 aromatic carbocycles. The van der Waals surface area contributed by atoms with E-state index >= 15 is 4.39 Å². The van der Waals surface area contributed by atoms with Gasteiger partial charge in [0, 0.05) is 18.0 Å². The maximum atomic E-state index is 15.7. The number of nitrogens with zero attached hydrogens (tertiary/aromatic N) is 7. The third-order valence-corrected chi connectivity index (χ3v) is 7.60. The van der Waals surface area contributed by atoms with Crippen LogP contribution in [0.2, 0.25) is 0 Å². The molecule has 10 nitrogen and oxygen atoms in total. The molecule has 42 heavy (non-hydrogen) atoms. The molecule has 0 aliphatic heterocycles. The van der Waals surface area contributed by atoms with Crippen LogP contribution in [-0.2, 0) is 6.54 Å². The van der Waals surface area contributed by atoms with E-state index in [4.69, 9.17) is 0 Å². The highest BCUT2D eigenvalue weighted by Crippen LogP contribution is 2.41. The number of fused-ring (bicyclic) bond motifs is 3. The number of rotatable bonds is 7. The van der Waals surface area contributed by atoms with Gasteiger partial charge >= 0.3 is 0 Å². The van der Waals surface area contributed by atoms with E-state index in [1.54, 1.807) is 39.8 Å². The van der Waals surface area contributed by atoms with E-state index in [1.165, 1.54) is 12.1 Å². The van der Waals surface area contributed by atoms with Gasteiger partial charge in [0.15, 0.2) is 5.82 Å². The molecule has 1 aliphatic rings. The molecule has 1 saturated carbocycles.